The lowest BCUT2D eigenvalue weighted by atomic mass is 10.3. The van der Waals surface area contributed by atoms with Crippen LogP contribution in [0.5, 0.6) is 0 Å². The van der Waals surface area contributed by atoms with Gasteiger partial charge in [0.2, 0.25) is 0 Å². The average Bonchev–Trinajstić information content (AvgIpc) is 2.25. The minimum absolute atomic E-state index is 0.0452. The van der Waals surface area contributed by atoms with E-state index in [0.717, 1.165) is 0 Å². The van der Waals surface area contributed by atoms with Crippen molar-refractivity contribution in [3.8, 4) is 0 Å². The summed E-state index contributed by atoms with van der Waals surface area (Å²) in [4.78, 5) is 2.07. The zero-order chi connectivity index (χ0) is 13.1. The highest BCUT2D eigenvalue weighted by Crippen LogP contribution is 2.24. The lowest BCUT2D eigenvalue weighted by molar-refractivity contribution is 0.584. The molecule has 1 aromatic carbocycles. The predicted molar refractivity (Wildman–Crippen MR) is 70.2 cm³/mol. The summed E-state index contributed by atoms with van der Waals surface area (Å²) in [6, 6.07) is 4.16. The van der Waals surface area contributed by atoms with Gasteiger partial charge >= 0.3 is 0 Å². The second kappa shape index (κ2) is 5.71. The van der Waals surface area contributed by atoms with Crippen molar-refractivity contribution in [3.05, 3.63) is 28.2 Å². The number of nitrogens with zero attached hydrogens (tertiary/aromatic N) is 1. The maximum Gasteiger partial charge on any atom is 0.278 e. The SMILES string of the molecule is CCC(C)=NNS(=O)(=O)c1ccc(Cl)cc1Cl. The van der Waals surface area contributed by atoms with Crippen LogP contribution in [0.15, 0.2) is 28.2 Å². The van der Waals surface area contributed by atoms with Gasteiger partial charge in [0.05, 0.1) is 5.02 Å². The van der Waals surface area contributed by atoms with E-state index in [1.54, 1.807) is 6.92 Å². The van der Waals surface area contributed by atoms with E-state index in [4.69, 9.17) is 23.2 Å². The quantitative estimate of drug-likeness (QED) is 0.685. The largest absolute Gasteiger partial charge is 0.278 e. The van der Waals surface area contributed by atoms with E-state index in [-0.39, 0.29) is 9.92 Å². The normalized spacial score (nSPS) is 12.6. The highest BCUT2D eigenvalue weighted by molar-refractivity contribution is 7.89. The van der Waals surface area contributed by atoms with Crippen LogP contribution in [-0.4, -0.2) is 14.1 Å². The van der Waals surface area contributed by atoms with Crippen molar-refractivity contribution < 1.29 is 8.42 Å². The van der Waals surface area contributed by atoms with E-state index in [2.05, 4.69) is 9.93 Å². The summed E-state index contributed by atoms with van der Waals surface area (Å²) in [5.41, 5.74) is 0.679. The van der Waals surface area contributed by atoms with Crippen LogP contribution in [-0.2, 0) is 10.0 Å². The third-order valence-corrected chi connectivity index (χ3v) is 3.98. The fraction of sp³-hybridized carbons (Fsp3) is 0.300. The number of halogens is 2. The molecule has 0 aliphatic rings. The molecule has 0 bridgehead atoms. The van der Waals surface area contributed by atoms with Crippen molar-refractivity contribution in [1.29, 1.82) is 0 Å². The van der Waals surface area contributed by atoms with Crippen molar-refractivity contribution in [3.63, 3.8) is 0 Å². The number of hydrazone groups is 1. The number of hydrogen-bond donors (Lipinski definition) is 1. The average molecular weight is 295 g/mol. The first-order chi connectivity index (χ1) is 7.86. The van der Waals surface area contributed by atoms with Gasteiger partial charge in [-0.3, -0.25) is 0 Å². The first kappa shape index (κ1) is 14.3. The van der Waals surface area contributed by atoms with Crippen LogP contribution in [0.2, 0.25) is 10.0 Å². The Morgan fingerprint density at radius 1 is 1.41 bits per heavy atom. The van der Waals surface area contributed by atoms with Crippen LogP contribution < -0.4 is 4.83 Å². The minimum atomic E-state index is -3.74. The second-order valence-electron chi connectivity index (χ2n) is 3.37. The highest BCUT2D eigenvalue weighted by atomic mass is 35.5. The fourth-order valence-electron chi connectivity index (χ4n) is 0.959. The maximum absolute atomic E-state index is 11.8. The number of rotatable bonds is 4. The molecule has 1 rings (SSSR count). The van der Waals surface area contributed by atoms with Crippen molar-refractivity contribution in [2.45, 2.75) is 25.2 Å². The molecule has 0 saturated carbocycles. The van der Waals surface area contributed by atoms with Gasteiger partial charge in [0.1, 0.15) is 4.90 Å². The Morgan fingerprint density at radius 2 is 2.06 bits per heavy atom. The molecule has 0 radical (unpaired) electrons. The Hall–Kier alpha value is -0.780. The molecule has 0 aromatic heterocycles. The van der Waals surface area contributed by atoms with Crippen LogP contribution >= 0.6 is 23.2 Å². The monoisotopic (exact) mass is 294 g/mol. The molecule has 1 aromatic rings. The van der Waals surface area contributed by atoms with E-state index in [0.29, 0.717) is 17.2 Å². The van der Waals surface area contributed by atoms with Gasteiger partial charge in [0.15, 0.2) is 0 Å². The fourth-order valence-corrected chi connectivity index (χ4v) is 2.61. The van der Waals surface area contributed by atoms with Gasteiger partial charge in [-0.15, -0.1) is 0 Å². The first-order valence-electron chi connectivity index (χ1n) is 4.87. The molecule has 0 heterocycles. The van der Waals surface area contributed by atoms with Gasteiger partial charge in [0.25, 0.3) is 10.0 Å². The van der Waals surface area contributed by atoms with Gasteiger partial charge < -0.3 is 0 Å². The summed E-state index contributed by atoms with van der Waals surface area (Å²) >= 11 is 11.5. The minimum Gasteiger partial charge on any atom is -0.200 e. The Labute approximate surface area is 111 Å². The summed E-state index contributed by atoms with van der Waals surface area (Å²) in [6.45, 7) is 3.61. The molecule has 7 heteroatoms. The molecule has 0 atom stereocenters. The van der Waals surface area contributed by atoms with Crippen molar-refractivity contribution >= 4 is 38.9 Å². The van der Waals surface area contributed by atoms with Gasteiger partial charge in [-0.25, -0.2) is 4.83 Å². The summed E-state index contributed by atoms with van der Waals surface area (Å²) in [5.74, 6) is 0. The highest BCUT2D eigenvalue weighted by Gasteiger charge is 2.17. The van der Waals surface area contributed by atoms with Gasteiger partial charge in [-0.1, -0.05) is 30.1 Å². The molecule has 17 heavy (non-hydrogen) atoms. The molecule has 1 N–H and O–H groups in total. The molecule has 4 nitrogen and oxygen atoms in total. The molecule has 94 valence electrons. The maximum atomic E-state index is 11.8. The summed E-state index contributed by atoms with van der Waals surface area (Å²) in [5, 5.41) is 4.18. The molecular formula is C10H12Cl2N2O2S. The second-order valence-corrected chi connectivity index (χ2v) is 5.84. The van der Waals surface area contributed by atoms with Crippen LogP contribution in [0.1, 0.15) is 20.3 Å². The number of nitrogens with one attached hydrogen (secondary N) is 1. The lowest BCUT2D eigenvalue weighted by Crippen LogP contribution is -2.19. The molecule has 0 spiro atoms. The van der Waals surface area contributed by atoms with E-state index < -0.39 is 10.0 Å². The Balaban J connectivity index is 3.06. The smallest absolute Gasteiger partial charge is 0.200 e. The Morgan fingerprint density at radius 3 is 2.59 bits per heavy atom. The number of sulfonamides is 1. The molecule has 0 fully saturated rings. The van der Waals surface area contributed by atoms with Crippen molar-refractivity contribution in [1.82, 2.24) is 4.83 Å². The predicted octanol–water partition coefficient (Wildman–Crippen LogP) is 3.06. The third kappa shape index (κ3) is 3.87. The van der Waals surface area contributed by atoms with Crippen molar-refractivity contribution in [2.75, 3.05) is 0 Å². The van der Waals surface area contributed by atoms with E-state index >= 15 is 0 Å². The molecule has 0 aliphatic carbocycles. The molecule has 0 amide bonds. The zero-order valence-electron chi connectivity index (χ0n) is 9.37. The first-order valence-corrected chi connectivity index (χ1v) is 7.10. The topological polar surface area (TPSA) is 58.5 Å². The van der Waals surface area contributed by atoms with E-state index in [1.165, 1.54) is 18.2 Å². The standard InChI is InChI=1S/C10H12Cl2N2O2S/c1-3-7(2)13-14-17(15,16)10-5-4-8(11)6-9(10)12/h4-6,14H,3H2,1-2H3. The Kier molecular flexibility index (Phi) is 4.80. The number of benzene rings is 1. The lowest BCUT2D eigenvalue weighted by Gasteiger charge is -2.06. The molecular weight excluding hydrogens is 283 g/mol. The summed E-state index contributed by atoms with van der Waals surface area (Å²) < 4.78 is 23.7. The Bertz CT molecular complexity index is 541. The van der Waals surface area contributed by atoms with Crippen LogP contribution in [0.25, 0.3) is 0 Å². The van der Waals surface area contributed by atoms with Crippen LogP contribution in [0, 0.1) is 0 Å². The number of hydrogen-bond acceptors (Lipinski definition) is 3. The molecule has 0 unspecified atom stereocenters. The van der Waals surface area contributed by atoms with Crippen LogP contribution in [0.3, 0.4) is 0 Å². The van der Waals surface area contributed by atoms with Gasteiger partial charge in [-0.2, -0.15) is 13.5 Å². The van der Waals surface area contributed by atoms with E-state index in [1.807, 2.05) is 6.92 Å². The van der Waals surface area contributed by atoms with Crippen molar-refractivity contribution in [2.24, 2.45) is 5.10 Å². The van der Waals surface area contributed by atoms with Gasteiger partial charge in [0, 0.05) is 10.7 Å². The zero-order valence-corrected chi connectivity index (χ0v) is 11.7. The van der Waals surface area contributed by atoms with Crippen LogP contribution in [0.4, 0.5) is 0 Å². The summed E-state index contributed by atoms with van der Waals surface area (Å²) in [7, 11) is -3.74. The molecule has 0 aliphatic heterocycles. The summed E-state index contributed by atoms with van der Waals surface area (Å²) in [6.07, 6.45) is 0.664. The van der Waals surface area contributed by atoms with E-state index in [9.17, 15) is 8.42 Å². The third-order valence-electron chi connectivity index (χ3n) is 2.05. The van der Waals surface area contributed by atoms with Gasteiger partial charge in [-0.05, 0) is 31.5 Å². The molecule has 0 saturated heterocycles.